The zero-order valence-corrected chi connectivity index (χ0v) is 15.5. The van der Waals surface area contributed by atoms with Gasteiger partial charge in [0, 0.05) is 5.69 Å². The number of aryl methyl sites for hydroxylation is 3. The van der Waals surface area contributed by atoms with E-state index in [4.69, 9.17) is 5.73 Å². The topological polar surface area (TPSA) is 26.0 Å². The summed E-state index contributed by atoms with van der Waals surface area (Å²) in [5.41, 5.74) is 14.5. The predicted molar refractivity (Wildman–Crippen MR) is 110 cm³/mol. The Balaban J connectivity index is 2.25. The van der Waals surface area contributed by atoms with Crippen LogP contribution < -0.4 is 5.73 Å². The Labute approximate surface area is 155 Å². The van der Waals surface area contributed by atoms with E-state index in [1.54, 1.807) is 6.07 Å². The Morgan fingerprint density at radius 1 is 0.923 bits per heavy atom. The van der Waals surface area contributed by atoms with E-state index in [1.165, 1.54) is 17.2 Å². The van der Waals surface area contributed by atoms with Gasteiger partial charge in [-0.2, -0.15) is 0 Å². The molecule has 0 atom stereocenters. The molecule has 0 aliphatic carbocycles. The molecular weight excluding hydrogens is 321 g/mol. The van der Waals surface area contributed by atoms with Crippen LogP contribution in [0.15, 0.2) is 60.7 Å². The Hall–Kier alpha value is -2.87. The fourth-order valence-corrected chi connectivity index (χ4v) is 3.24. The molecule has 0 saturated heterocycles. The van der Waals surface area contributed by atoms with Crippen LogP contribution in [0.2, 0.25) is 0 Å². The molecule has 0 bridgehead atoms. The highest BCUT2D eigenvalue weighted by Crippen LogP contribution is 2.32. The molecule has 0 spiro atoms. The van der Waals surface area contributed by atoms with Gasteiger partial charge in [0.05, 0.1) is 0 Å². The van der Waals surface area contributed by atoms with Crippen LogP contribution in [-0.4, -0.2) is 0 Å². The van der Waals surface area contributed by atoms with Crippen molar-refractivity contribution in [3.05, 3.63) is 99.9 Å². The van der Waals surface area contributed by atoms with Gasteiger partial charge in [0.15, 0.2) is 0 Å². The lowest BCUT2D eigenvalue weighted by Crippen LogP contribution is -1.97. The summed E-state index contributed by atoms with van der Waals surface area (Å²) in [5.74, 6) is -0.214. The minimum atomic E-state index is -0.214. The van der Waals surface area contributed by atoms with E-state index in [9.17, 15) is 4.39 Å². The van der Waals surface area contributed by atoms with Crippen LogP contribution in [0.4, 0.5) is 10.1 Å². The quantitative estimate of drug-likeness (QED) is 0.444. The lowest BCUT2D eigenvalue weighted by Gasteiger charge is -2.16. The summed E-state index contributed by atoms with van der Waals surface area (Å²) in [7, 11) is 0. The van der Waals surface area contributed by atoms with Crippen LogP contribution in [0.3, 0.4) is 0 Å². The molecule has 26 heavy (non-hydrogen) atoms. The van der Waals surface area contributed by atoms with Crippen molar-refractivity contribution in [2.45, 2.75) is 27.2 Å². The first-order valence-corrected chi connectivity index (χ1v) is 8.92. The first-order chi connectivity index (χ1) is 12.5. The SMILES string of the molecule is CCc1ccccc1/C(=C/c1ccc(C)c(N)c1)c1ccc(F)cc1C. The predicted octanol–water partition coefficient (Wildman–Crippen LogP) is 6.18. The standard InChI is InChI=1S/C24H24FN/c1-4-19-7-5-6-8-22(19)23(21-12-11-20(25)13-17(21)3)14-18-10-9-16(2)24(26)15-18/h5-15H,4,26H2,1-3H3/b23-14+. The highest BCUT2D eigenvalue weighted by Gasteiger charge is 2.12. The van der Waals surface area contributed by atoms with E-state index in [-0.39, 0.29) is 5.82 Å². The van der Waals surface area contributed by atoms with Gasteiger partial charge in [-0.05, 0) is 83.5 Å². The van der Waals surface area contributed by atoms with E-state index in [2.05, 4.69) is 37.3 Å². The minimum Gasteiger partial charge on any atom is -0.398 e. The largest absolute Gasteiger partial charge is 0.398 e. The fourth-order valence-electron chi connectivity index (χ4n) is 3.24. The summed E-state index contributed by atoms with van der Waals surface area (Å²) in [6.45, 7) is 6.10. The third kappa shape index (κ3) is 3.70. The Morgan fingerprint density at radius 2 is 1.69 bits per heavy atom. The van der Waals surface area contributed by atoms with Crippen LogP contribution in [-0.2, 0) is 6.42 Å². The maximum absolute atomic E-state index is 13.6. The lowest BCUT2D eigenvalue weighted by molar-refractivity contribution is 0.626. The number of nitrogens with two attached hydrogens (primary N) is 1. The Bertz CT molecular complexity index is 970. The molecule has 3 rings (SSSR count). The van der Waals surface area contributed by atoms with Gasteiger partial charge in [-0.25, -0.2) is 4.39 Å². The molecule has 0 heterocycles. The molecule has 3 aromatic rings. The average molecular weight is 345 g/mol. The van der Waals surface area contributed by atoms with Crippen LogP contribution in [0.1, 0.15) is 40.3 Å². The lowest BCUT2D eigenvalue weighted by atomic mass is 9.89. The van der Waals surface area contributed by atoms with E-state index < -0.39 is 0 Å². The highest BCUT2D eigenvalue weighted by atomic mass is 19.1. The molecule has 0 aliphatic rings. The Kier molecular flexibility index (Phi) is 5.22. The average Bonchev–Trinajstić information content (AvgIpc) is 2.63. The van der Waals surface area contributed by atoms with Gasteiger partial charge in [0.1, 0.15) is 5.82 Å². The van der Waals surface area contributed by atoms with E-state index in [0.717, 1.165) is 39.9 Å². The number of nitrogen functional groups attached to an aromatic ring is 1. The van der Waals surface area contributed by atoms with Crippen LogP contribution >= 0.6 is 0 Å². The van der Waals surface area contributed by atoms with Gasteiger partial charge in [0.25, 0.3) is 0 Å². The molecule has 0 amide bonds. The van der Waals surface area contributed by atoms with Crippen molar-refractivity contribution >= 4 is 17.3 Å². The van der Waals surface area contributed by atoms with E-state index >= 15 is 0 Å². The maximum Gasteiger partial charge on any atom is 0.123 e. The number of halogens is 1. The number of rotatable bonds is 4. The molecule has 132 valence electrons. The van der Waals surface area contributed by atoms with Gasteiger partial charge in [-0.15, -0.1) is 0 Å². The van der Waals surface area contributed by atoms with E-state index in [1.807, 2.05) is 38.1 Å². The number of hydrogen-bond acceptors (Lipinski definition) is 1. The van der Waals surface area contributed by atoms with Crippen molar-refractivity contribution in [3.63, 3.8) is 0 Å². The van der Waals surface area contributed by atoms with Gasteiger partial charge in [-0.1, -0.05) is 49.4 Å². The molecule has 0 aromatic heterocycles. The van der Waals surface area contributed by atoms with Gasteiger partial charge in [0.2, 0.25) is 0 Å². The van der Waals surface area contributed by atoms with Crippen molar-refractivity contribution in [2.75, 3.05) is 5.73 Å². The summed E-state index contributed by atoms with van der Waals surface area (Å²) in [5, 5.41) is 0. The number of anilines is 1. The fraction of sp³-hybridized carbons (Fsp3) is 0.167. The minimum absolute atomic E-state index is 0.214. The first kappa shape index (κ1) is 17.9. The van der Waals surface area contributed by atoms with Gasteiger partial charge < -0.3 is 5.73 Å². The zero-order valence-electron chi connectivity index (χ0n) is 15.5. The molecule has 3 aromatic carbocycles. The van der Waals surface area contributed by atoms with Gasteiger partial charge in [-0.3, -0.25) is 0 Å². The summed E-state index contributed by atoms with van der Waals surface area (Å²) >= 11 is 0. The van der Waals surface area contributed by atoms with Crippen LogP contribution in [0.5, 0.6) is 0 Å². The molecule has 0 saturated carbocycles. The normalized spacial score (nSPS) is 11.6. The molecule has 2 N–H and O–H groups in total. The second-order valence-corrected chi connectivity index (χ2v) is 6.64. The maximum atomic E-state index is 13.6. The molecule has 0 aliphatic heterocycles. The van der Waals surface area contributed by atoms with Crippen LogP contribution in [0, 0.1) is 19.7 Å². The van der Waals surface area contributed by atoms with Crippen LogP contribution in [0.25, 0.3) is 11.6 Å². The second kappa shape index (κ2) is 7.57. The van der Waals surface area contributed by atoms with Crippen molar-refractivity contribution in [1.82, 2.24) is 0 Å². The molecule has 1 nitrogen and oxygen atoms in total. The molecule has 0 radical (unpaired) electrons. The molecule has 0 fully saturated rings. The second-order valence-electron chi connectivity index (χ2n) is 6.64. The first-order valence-electron chi connectivity index (χ1n) is 8.92. The third-order valence-electron chi connectivity index (χ3n) is 4.78. The third-order valence-corrected chi connectivity index (χ3v) is 4.78. The number of benzene rings is 3. The molecule has 0 unspecified atom stereocenters. The highest BCUT2D eigenvalue weighted by molar-refractivity contribution is 5.93. The summed E-state index contributed by atoms with van der Waals surface area (Å²) < 4.78 is 13.6. The van der Waals surface area contributed by atoms with Crippen molar-refractivity contribution in [1.29, 1.82) is 0 Å². The summed E-state index contributed by atoms with van der Waals surface area (Å²) in [4.78, 5) is 0. The summed E-state index contributed by atoms with van der Waals surface area (Å²) in [6.07, 6.45) is 3.08. The van der Waals surface area contributed by atoms with Crippen molar-refractivity contribution < 1.29 is 4.39 Å². The number of hydrogen-bond donors (Lipinski definition) is 1. The van der Waals surface area contributed by atoms with Gasteiger partial charge >= 0.3 is 0 Å². The summed E-state index contributed by atoms with van der Waals surface area (Å²) in [6, 6.07) is 19.4. The monoisotopic (exact) mass is 345 g/mol. The van der Waals surface area contributed by atoms with Crippen molar-refractivity contribution in [3.8, 4) is 0 Å². The zero-order chi connectivity index (χ0) is 18.7. The molecule has 2 heteroatoms. The van der Waals surface area contributed by atoms with E-state index in [0.29, 0.717) is 0 Å². The molecular formula is C24H24FN. The Morgan fingerprint density at radius 3 is 2.38 bits per heavy atom. The smallest absolute Gasteiger partial charge is 0.123 e. The van der Waals surface area contributed by atoms with Crippen molar-refractivity contribution in [2.24, 2.45) is 0 Å².